The quantitative estimate of drug-likeness (QED) is 0.622. The second kappa shape index (κ2) is 2.67. The number of thiol groups is 1. The predicted octanol–water partition coefficient (Wildman–Crippen LogP) is 0.419. The molecular formula is C7H7NO3S. The molecule has 1 aromatic rings. The molecule has 4 nitrogen and oxygen atoms in total. The Morgan fingerprint density at radius 3 is 3.00 bits per heavy atom. The van der Waals surface area contributed by atoms with Crippen molar-refractivity contribution >= 4 is 16.4 Å². The van der Waals surface area contributed by atoms with Crippen molar-refractivity contribution in [2.75, 3.05) is 12.0 Å². The largest absolute Gasteiger partial charge is 0.471 e. The molecule has 0 amide bonds. The topological polar surface area (TPSA) is 55.4 Å². The van der Waals surface area contributed by atoms with Crippen LogP contribution >= 0.6 is 0 Å². The molecule has 1 aromatic carbocycles. The molecule has 0 saturated heterocycles. The fourth-order valence-electron chi connectivity index (χ4n) is 1.08. The molecule has 1 N–H and O–H groups in total. The number of rotatable bonds is 1. The van der Waals surface area contributed by atoms with Crippen LogP contribution in [0.2, 0.25) is 0 Å². The van der Waals surface area contributed by atoms with Crippen molar-refractivity contribution in [2.45, 2.75) is 4.90 Å². The van der Waals surface area contributed by atoms with Crippen LogP contribution in [0, 0.1) is 0 Å². The van der Waals surface area contributed by atoms with Crippen LogP contribution in [0.15, 0.2) is 23.1 Å². The van der Waals surface area contributed by atoms with Crippen molar-refractivity contribution < 1.29 is 13.2 Å². The van der Waals surface area contributed by atoms with E-state index in [9.17, 15) is 8.42 Å². The van der Waals surface area contributed by atoms with Crippen molar-refractivity contribution in [1.82, 2.24) is 0 Å². The molecule has 1 heterocycles. The van der Waals surface area contributed by atoms with Crippen LogP contribution in [0.4, 0.5) is 5.69 Å². The van der Waals surface area contributed by atoms with Gasteiger partial charge in [-0.15, -0.1) is 0 Å². The van der Waals surface area contributed by atoms with Gasteiger partial charge in [0, 0.05) is 6.07 Å². The van der Waals surface area contributed by atoms with Crippen LogP contribution in [0.3, 0.4) is 0 Å². The highest BCUT2D eigenvalue weighted by atomic mass is 32.2. The second-order valence-corrected chi connectivity index (χ2v) is 3.43. The molecule has 0 atom stereocenters. The van der Waals surface area contributed by atoms with E-state index in [4.69, 9.17) is 4.74 Å². The lowest BCUT2D eigenvalue weighted by Crippen LogP contribution is -1.96. The van der Waals surface area contributed by atoms with Gasteiger partial charge in [0.15, 0.2) is 17.4 Å². The summed E-state index contributed by atoms with van der Waals surface area (Å²) < 4.78 is 26.2. The van der Waals surface area contributed by atoms with Crippen LogP contribution < -0.4 is 10.1 Å². The predicted molar refractivity (Wildman–Crippen MR) is 44.1 cm³/mol. The fourth-order valence-corrected chi connectivity index (χ4v) is 1.50. The van der Waals surface area contributed by atoms with Crippen LogP contribution in [0.1, 0.15) is 0 Å². The number of nitrogens with one attached hydrogen (secondary N) is 1. The molecular weight excluding hydrogens is 178 g/mol. The lowest BCUT2D eigenvalue weighted by molar-refractivity contribution is 0.371. The van der Waals surface area contributed by atoms with E-state index in [2.05, 4.69) is 5.32 Å². The molecule has 5 heteroatoms. The number of fused-ring (bicyclic) bond motifs is 1. The monoisotopic (exact) mass is 185 g/mol. The van der Waals surface area contributed by atoms with E-state index >= 15 is 0 Å². The lowest BCUT2D eigenvalue weighted by Gasteiger charge is -1.96. The highest BCUT2D eigenvalue weighted by Crippen LogP contribution is 2.29. The fraction of sp³-hybridized carbons (Fsp3) is 0.143. The van der Waals surface area contributed by atoms with Gasteiger partial charge in [0.25, 0.3) is 0 Å². The number of hydrogen-bond donors (Lipinski definition) is 2. The first-order chi connectivity index (χ1) is 5.77. The maximum atomic E-state index is 10.6. The molecule has 0 saturated carbocycles. The molecule has 0 radical (unpaired) electrons. The van der Waals surface area contributed by atoms with Gasteiger partial charge < -0.3 is 10.1 Å². The zero-order chi connectivity index (χ0) is 8.55. The minimum atomic E-state index is -2.51. The van der Waals surface area contributed by atoms with Crippen molar-refractivity contribution in [1.29, 1.82) is 0 Å². The van der Waals surface area contributed by atoms with Crippen LogP contribution in [0.5, 0.6) is 5.75 Å². The summed E-state index contributed by atoms with van der Waals surface area (Å²) in [5.74, 6) is 0.603. The smallest absolute Gasteiger partial charge is 0.168 e. The first-order valence-corrected chi connectivity index (χ1v) is 4.60. The zero-order valence-electron chi connectivity index (χ0n) is 6.11. The Morgan fingerprint density at radius 1 is 1.42 bits per heavy atom. The van der Waals surface area contributed by atoms with Crippen LogP contribution in [-0.4, -0.2) is 15.1 Å². The van der Waals surface area contributed by atoms with Gasteiger partial charge in [0.05, 0.1) is 10.6 Å². The third-order valence-corrected chi connectivity index (χ3v) is 2.37. The van der Waals surface area contributed by atoms with Crippen LogP contribution in [-0.2, 0) is 10.7 Å². The maximum absolute atomic E-state index is 10.6. The summed E-state index contributed by atoms with van der Waals surface area (Å²) >= 11 is 0. The van der Waals surface area contributed by atoms with Crippen LogP contribution in [0.25, 0.3) is 0 Å². The Balaban J connectivity index is 2.52. The summed E-state index contributed by atoms with van der Waals surface area (Å²) in [5, 5.41) is 2.95. The summed E-state index contributed by atoms with van der Waals surface area (Å²) in [5.41, 5.74) is 0.843. The van der Waals surface area contributed by atoms with E-state index in [0.29, 0.717) is 12.5 Å². The average Bonchev–Trinajstić information content (AvgIpc) is 2.49. The van der Waals surface area contributed by atoms with Gasteiger partial charge in [-0.2, -0.15) is 0 Å². The van der Waals surface area contributed by atoms with E-state index in [-0.39, 0.29) is 4.90 Å². The highest BCUT2D eigenvalue weighted by Gasteiger charge is 2.11. The molecule has 0 unspecified atom stereocenters. The Labute approximate surface area is 71.1 Å². The Bertz CT molecular complexity index is 378. The Hall–Kier alpha value is -1.23. The SMILES string of the molecule is O=[SH](=O)c1ccc2c(c1)OCN2. The highest BCUT2D eigenvalue weighted by molar-refractivity contribution is 7.72. The van der Waals surface area contributed by atoms with E-state index < -0.39 is 10.7 Å². The molecule has 0 aromatic heterocycles. The molecule has 1 aliphatic rings. The van der Waals surface area contributed by atoms with E-state index in [1.54, 1.807) is 12.1 Å². The van der Waals surface area contributed by atoms with Crippen molar-refractivity contribution in [3.63, 3.8) is 0 Å². The molecule has 1 aliphatic heterocycles. The standard InChI is InChI=1S/C7H7NO3S/c9-12(10)5-1-2-6-7(3-5)11-4-8-6/h1-3,8,12H,4H2. The number of hydrogen-bond acceptors (Lipinski definition) is 4. The first-order valence-electron chi connectivity index (χ1n) is 3.42. The molecule has 0 aliphatic carbocycles. The van der Waals surface area contributed by atoms with Crippen molar-refractivity contribution in [3.8, 4) is 5.75 Å². The van der Waals surface area contributed by atoms with Gasteiger partial charge >= 0.3 is 0 Å². The first kappa shape index (κ1) is 7.42. The van der Waals surface area contributed by atoms with Gasteiger partial charge in [0.2, 0.25) is 0 Å². The normalized spacial score (nSPS) is 13.8. The molecule has 2 rings (SSSR count). The van der Waals surface area contributed by atoms with Gasteiger partial charge in [-0.25, -0.2) is 8.42 Å². The van der Waals surface area contributed by atoms with Gasteiger partial charge in [-0.1, -0.05) is 0 Å². The zero-order valence-corrected chi connectivity index (χ0v) is 7.01. The summed E-state index contributed by atoms with van der Waals surface area (Å²) in [6, 6.07) is 4.76. The molecule has 0 bridgehead atoms. The lowest BCUT2D eigenvalue weighted by atomic mass is 10.3. The van der Waals surface area contributed by atoms with Gasteiger partial charge in [-0.05, 0) is 12.1 Å². The molecule has 0 spiro atoms. The summed E-state index contributed by atoms with van der Waals surface area (Å²) in [7, 11) is -2.51. The van der Waals surface area contributed by atoms with Gasteiger partial charge in [-0.3, -0.25) is 0 Å². The summed E-state index contributed by atoms with van der Waals surface area (Å²) in [6.45, 7) is 0.411. The summed E-state index contributed by atoms with van der Waals surface area (Å²) in [4.78, 5) is 0.285. The Morgan fingerprint density at radius 2 is 2.25 bits per heavy atom. The Kier molecular flexibility index (Phi) is 1.65. The maximum Gasteiger partial charge on any atom is 0.168 e. The molecule has 12 heavy (non-hydrogen) atoms. The van der Waals surface area contributed by atoms with E-state index in [1.807, 2.05) is 0 Å². The van der Waals surface area contributed by atoms with Gasteiger partial charge in [0.1, 0.15) is 5.75 Å². The van der Waals surface area contributed by atoms with E-state index in [1.165, 1.54) is 6.07 Å². The minimum absolute atomic E-state index is 0.285. The molecule has 64 valence electrons. The molecule has 0 fully saturated rings. The average molecular weight is 185 g/mol. The number of ether oxygens (including phenoxy) is 1. The van der Waals surface area contributed by atoms with Crippen molar-refractivity contribution in [2.24, 2.45) is 0 Å². The van der Waals surface area contributed by atoms with Crippen molar-refractivity contribution in [3.05, 3.63) is 18.2 Å². The third kappa shape index (κ3) is 1.12. The second-order valence-electron chi connectivity index (χ2n) is 2.40. The summed E-state index contributed by atoms with van der Waals surface area (Å²) in [6.07, 6.45) is 0. The number of anilines is 1. The third-order valence-electron chi connectivity index (χ3n) is 1.67. The minimum Gasteiger partial charge on any atom is -0.471 e. The number of benzene rings is 1. The van der Waals surface area contributed by atoms with E-state index in [0.717, 1.165) is 5.69 Å².